The summed E-state index contributed by atoms with van der Waals surface area (Å²) in [5.41, 5.74) is 13.6. The molecule has 99 heavy (non-hydrogen) atoms. The Labute approximate surface area is 583 Å². The molecule has 1 fully saturated rings. The lowest BCUT2D eigenvalue weighted by atomic mass is 9.94. The van der Waals surface area contributed by atoms with Crippen molar-refractivity contribution in [3.05, 3.63) is 140 Å². The van der Waals surface area contributed by atoms with E-state index in [0.717, 1.165) is 66.8 Å². The van der Waals surface area contributed by atoms with Crippen molar-refractivity contribution in [3.63, 3.8) is 0 Å². The highest BCUT2D eigenvalue weighted by Crippen LogP contribution is 2.36. The molecule has 0 radical (unpaired) electrons. The van der Waals surface area contributed by atoms with E-state index in [1.165, 1.54) is 21.3 Å². The molecule has 7 rings (SSSR count). The number of pyridine rings is 3. The lowest BCUT2D eigenvalue weighted by Gasteiger charge is -2.26. The van der Waals surface area contributed by atoms with Crippen LogP contribution in [0.4, 0.5) is 0 Å². The molecule has 0 aliphatic carbocycles. The minimum atomic E-state index is -0.555. The molecule has 0 amide bonds. The summed E-state index contributed by atoms with van der Waals surface area (Å²) in [4.78, 5) is 62.5. The van der Waals surface area contributed by atoms with E-state index in [0.29, 0.717) is 212 Å². The zero-order chi connectivity index (χ0) is 70.9. The van der Waals surface area contributed by atoms with Gasteiger partial charge in [0.15, 0.2) is 0 Å². The van der Waals surface area contributed by atoms with E-state index < -0.39 is 17.9 Å². The van der Waals surface area contributed by atoms with E-state index in [1.54, 1.807) is 39.5 Å². The van der Waals surface area contributed by atoms with E-state index in [-0.39, 0.29) is 17.1 Å². The molecular formula is C75H102N6O18. The van der Waals surface area contributed by atoms with Crippen LogP contribution in [0.1, 0.15) is 81.9 Å². The fourth-order valence-corrected chi connectivity index (χ4v) is 11.8. The van der Waals surface area contributed by atoms with Crippen molar-refractivity contribution in [1.29, 1.82) is 0 Å². The largest absolute Gasteiger partial charge is 0.491 e. The van der Waals surface area contributed by atoms with Gasteiger partial charge in [0, 0.05) is 80.2 Å². The van der Waals surface area contributed by atoms with Crippen molar-refractivity contribution in [2.45, 2.75) is 61.2 Å². The maximum atomic E-state index is 13.5. The number of aryl methyl sites for hydroxylation is 6. The third kappa shape index (κ3) is 25.5. The molecule has 0 N–H and O–H groups in total. The number of nitrogens with zero attached hydrogens (tertiary/aromatic N) is 6. The van der Waals surface area contributed by atoms with E-state index in [4.69, 9.17) is 86.0 Å². The number of esters is 3. The molecule has 24 nitrogen and oxygen atoms in total. The Morgan fingerprint density at radius 3 is 0.727 bits per heavy atom. The number of benzene rings is 3. The molecule has 6 aromatic rings. The van der Waals surface area contributed by atoms with Gasteiger partial charge in [0.25, 0.3) is 0 Å². The normalized spacial score (nSPS) is 13.2. The maximum Gasteiger partial charge on any atom is 0.356 e. The Kier molecular flexibility index (Phi) is 33.8. The van der Waals surface area contributed by atoms with Crippen LogP contribution < -0.4 is 14.2 Å². The van der Waals surface area contributed by atoms with E-state index in [2.05, 4.69) is 14.7 Å². The van der Waals surface area contributed by atoms with Crippen LogP contribution in [0.25, 0.3) is 33.4 Å². The van der Waals surface area contributed by atoms with Gasteiger partial charge in [0.2, 0.25) is 0 Å². The van der Waals surface area contributed by atoms with Gasteiger partial charge in [-0.2, -0.15) is 0 Å². The summed E-state index contributed by atoms with van der Waals surface area (Å²) in [5, 5.41) is 0. The second-order valence-electron chi connectivity index (χ2n) is 24.0. The van der Waals surface area contributed by atoms with Crippen LogP contribution in [0.3, 0.4) is 0 Å². The van der Waals surface area contributed by atoms with Crippen LogP contribution in [0.2, 0.25) is 0 Å². The first-order valence-electron chi connectivity index (χ1n) is 33.7. The Bertz CT molecular complexity index is 3080. The van der Waals surface area contributed by atoms with Crippen molar-refractivity contribution < 1.29 is 85.4 Å². The first-order valence-corrected chi connectivity index (χ1v) is 33.7. The Morgan fingerprint density at radius 2 is 0.515 bits per heavy atom. The van der Waals surface area contributed by atoms with E-state index >= 15 is 0 Å². The Morgan fingerprint density at radius 1 is 0.303 bits per heavy atom. The topological polar surface area (TPSA) is 238 Å². The number of hydrogen-bond acceptors (Lipinski definition) is 24. The SMILES string of the molecule is COCCOCCOCCOc1cc(C)c(-c2cc(CN3CCN(Cc4cc(-c5c(C)cc(OCCOCCOCCOC)cc5C)cc(C(=O)OC)n4)CCN(Cc4cc(-c5c(C)cc(OCCOCCOCCOC)cc5C)cc(C(=O)OC)n4)CC3)nc(C(=O)OC)c2)c(C)c1. The summed E-state index contributed by atoms with van der Waals surface area (Å²) in [6.45, 7) is 24.9. The van der Waals surface area contributed by atoms with Gasteiger partial charge >= 0.3 is 17.9 Å². The number of carbonyl (C=O) groups excluding carboxylic acids is 3. The number of ether oxygens (including phenoxy) is 15. The average molecular weight is 1380 g/mol. The van der Waals surface area contributed by atoms with E-state index in [9.17, 15) is 14.4 Å². The maximum absolute atomic E-state index is 13.5. The fourth-order valence-electron chi connectivity index (χ4n) is 11.8. The summed E-state index contributed by atoms with van der Waals surface area (Å²) in [5.74, 6) is 0.441. The fraction of sp³-hybridized carbons (Fsp3) is 0.520. The summed E-state index contributed by atoms with van der Waals surface area (Å²) in [7, 11) is 8.98. The van der Waals surface area contributed by atoms with Crippen molar-refractivity contribution in [1.82, 2.24) is 29.7 Å². The van der Waals surface area contributed by atoms with Gasteiger partial charge in [-0.05, 0) is 181 Å². The molecule has 1 aliphatic heterocycles. The van der Waals surface area contributed by atoms with Crippen LogP contribution in [-0.4, -0.2) is 248 Å². The van der Waals surface area contributed by atoms with Crippen molar-refractivity contribution in [2.24, 2.45) is 0 Å². The molecule has 0 spiro atoms. The summed E-state index contributed by atoms with van der Waals surface area (Å²) < 4.78 is 83.2. The second-order valence-corrected chi connectivity index (χ2v) is 24.0. The molecule has 0 saturated carbocycles. The number of rotatable bonds is 42. The van der Waals surface area contributed by atoms with Crippen molar-refractivity contribution >= 4 is 17.9 Å². The molecule has 0 atom stereocenters. The van der Waals surface area contributed by atoms with E-state index in [1.807, 2.05) is 96.1 Å². The van der Waals surface area contributed by atoms with Gasteiger partial charge in [-0.3, -0.25) is 14.7 Å². The van der Waals surface area contributed by atoms with Gasteiger partial charge in [0.1, 0.15) is 54.2 Å². The zero-order valence-electron chi connectivity index (χ0n) is 60.1. The number of aromatic nitrogens is 3. The molecule has 0 bridgehead atoms. The monoisotopic (exact) mass is 1370 g/mol. The minimum absolute atomic E-state index is 0.183. The highest BCUT2D eigenvalue weighted by atomic mass is 16.6. The first-order chi connectivity index (χ1) is 48.0. The highest BCUT2D eigenvalue weighted by Gasteiger charge is 2.25. The third-order valence-corrected chi connectivity index (χ3v) is 16.5. The zero-order valence-corrected chi connectivity index (χ0v) is 60.1. The average Bonchev–Trinajstić information content (AvgIpc) is 0.907. The first kappa shape index (κ1) is 78.8. The number of hydrogen-bond donors (Lipinski definition) is 0. The summed E-state index contributed by atoms with van der Waals surface area (Å²) in [6.07, 6.45) is 0. The van der Waals surface area contributed by atoms with Crippen molar-refractivity contribution in [3.8, 4) is 50.6 Å². The molecule has 1 aliphatic rings. The third-order valence-electron chi connectivity index (χ3n) is 16.5. The van der Waals surface area contributed by atoms with Gasteiger partial charge < -0.3 is 71.1 Å². The molecular weight excluding hydrogens is 1270 g/mol. The predicted molar refractivity (Wildman–Crippen MR) is 374 cm³/mol. The number of methoxy groups -OCH3 is 6. The molecule has 1 saturated heterocycles. The van der Waals surface area contributed by atoms with Gasteiger partial charge in [-0.1, -0.05) is 0 Å². The molecule has 24 heteroatoms. The number of carbonyl (C=O) groups is 3. The highest BCUT2D eigenvalue weighted by molar-refractivity contribution is 5.91. The quantitative estimate of drug-likeness (QED) is 0.0197. The molecule has 3 aromatic heterocycles. The van der Waals surface area contributed by atoms with Crippen LogP contribution in [0, 0.1) is 41.5 Å². The predicted octanol–water partition coefficient (Wildman–Crippen LogP) is 9.08. The molecule has 0 unspecified atom stereocenters. The van der Waals surface area contributed by atoms with Crippen LogP contribution in [0.15, 0.2) is 72.8 Å². The summed E-state index contributed by atoms with van der Waals surface area (Å²) >= 11 is 0. The van der Waals surface area contributed by atoms with Gasteiger partial charge in [0.05, 0.1) is 138 Å². The van der Waals surface area contributed by atoms with Crippen LogP contribution in [-0.2, 0) is 76.5 Å². The lowest BCUT2D eigenvalue weighted by Crippen LogP contribution is -2.36. The summed E-state index contributed by atoms with van der Waals surface area (Å²) in [6, 6.07) is 23.4. The Hall–Kier alpha value is -7.56. The second kappa shape index (κ2) is 42.5. The smallest absolute Gasteiger partial charge is 0.356 e. The van der Waals surface area contributed by atoms with Crippen LogP contribution >= 0.6 is 0 Å². The Balaban J connectivity index is 1.18. The lowest BCUT2D eigenvalue weighted by molar-refractivity contribution is 0.0179. The van der Waals surface area contributed by atoms with Gasteiger partial charge in [-0.25, -0.2) is 29.3 Å². The van der Waals surface area contributed by atoms with Gasteiger partial charge in [-0.15, -0.1) is 0 Å². The molecule has 4 heterocycles. The van der Waals surface area contributed by atoms with Crippen molar-refractivity contribution in [2.75, 3.05) is 201 Å². The minimum Gasteiger partial charge on any atom is -0.491 e. The molecule has 3 aromatic carbocycles. The standard InChI is InChI=1S/C75H102N6O18/c1-52-37-64(97-34-31-94-28-25-91-22-19-85-7)38-53(2)70(52)58-43-61(76-67(46-58)73(82)88-10)49-79-13-15-80(50-62-44-59(47-68(77-62)74(83)89-11)71-54(3)39-65(40-55(71)4)98-35-32-95-29-26-92-23-20-86-8)17-18-81(16-14-79)51-63-45-60(48-69(78-63)75(84)90-12)72-56(5)41-66(42-57(72)6)99-36-33-96-30-27-93-24-21-87-9/h37-48H,13-36,49-51H2,1-12H3. The molecule has 540 valence electrons. The van der Waals surface area contributed by atoms with Crippen LogP contribution in [0.5, 0.6) is 17.2 Å².